The molecule has 0 fully saturated rings. The Balaban J connectivity index is 1.88. The maximum Gasteiger partial charge on any atom is 0.344 e. The summed E-state index contributed by atoms with van der Waals surface area (Å²) in [5.41, 5.74) is 1.20. The molecule has 0 aliphatic heterocycles. The van der Waals surface area contributed by atoms with Gasteiger partial charge >= 0.3 is 5.97 Å². The van der Waals surface area contributed by atoms with Crippen LogP contribution in [0.2, 0.25) is 0 Å². The first-order valence-electron chi connectivity index (χ1n) is 8.62. The molecule has 0 bridgehead atoms. The van der Waals surface area contributed by atoms with Crippen LogP contribution in [0.5, 0.6) is 11.5 Å². The van der Waals surface area contributed by atoms with Gasteiger partial charge in [-0.1, -0.05) is 24.3 Å². The van der Waals surface area contributed by atoms with Crippen LogP contribution < -0.4 is 14.8 Å². The third kappa shape index (κ3) is 6.12. The fraction of sp³-hybridized carbons (Fsp3) is 0.238. The molecule has 0 unspecified atom stereocenters. The quantitative estimate of drug-likeness (QED) is 0.697. The number of benzene rings is 2. The maximum absolute atomic E-state index is 13.2. The van der Waals surface area contributed by atoms with E-state index in [4.69, 9.17) is 14.2 Å². The molecule has 0 heterocycles. The molecule has 2 rings (SSSR count). The number of anilines is 1. The molecule has 148 valence electrons. The topological polar surface area (TPSA) is 73.9 Å². The largest absolute Gasteiger partial charge is 0.493 e. The van der Waals surface area contributed by atoms with Crippen molar-refractivity contribution in [3.05, 3.63) is 59.9 Å². The minimum atomic E-state index is -1.07. The van der Waals surface area contributed by atoms with Gasteiger partial charge in [-0.2, -0.15) is 0 Å². The fourth-order valence-electron chi connectivity index (χ4n) is 2.33. The van der Waals surface area contributed by atoms with E-state index in [-0.39, 0.29) is 5.69 Å². The molecule has 0 saturated carbocycles. The van der Waals surface area contributed by atoms with Crippen LogP contribution >= 0.6 is 0 Å². The van der Waals surface area contributed by atoms with Gasteiger partial charge in [0.05, 0.1) is 7.11 Å². The Morgan fingerprint density at radius 2 is 1.96 bits per heavy atom. The Bertz CT molecular complexity index is 866. The second kappa shape index (κ2) is 10.1. The van der Waals surface area contributed by atoms with E-state index in [9.17, 15) is 14.0 Å². The average Bonchev–Trinajstić information content (AvgIpc) is 2.67. The predicted octanol–water partition coefficient (Wildman–Crippen LogP) is 3.82. The second-order valence-electron chi connectivity index (χ2n) is 5.83. The molecule has 0 radical (unpaired) electrons. The number of methoxy groups -OCH3 is 1. The van der Waals surface area contributed by atoms with Gasteiger partial charge in [0.1, 0.15) is 5.82 Å². The van der Waals surface area contributed by atoms with Gasteiger partial charge in [-0.15, -0.1) is 0 Å². The first-order valence-corrected chi connectivity index (χ1v) is 8.62. The third-order valence-electron chi connectivity index (χ3n) is 3.66. The number of esters is 1. The van der Waals surface area contributed by atoms with Crippen molar-refractivity contribution in [1.82, 2.24) is 0 Å². The molecule has 2 aromatic rings. The summed E-state index contributed by atoms with van der Waals surface area (Å²) >= 11 is 0. The highest BCUT2D eigenvalue weighted by Gasteiger charge is 2.19. The molecule has 0 aromatic heterocycles. The van der Waals surface area contributed by atoms with Crippen LogP contribution in [-0.4, -0.2) is 31.7 Å². The van der Waals surface area contributed by atoms with Gasteiger partial charge in [0.2, 0.25) is 0 Å². The van der Waals surface area contributed by atoms with Crippen molar-refractivity contribution >= 4 is 23.6 Å². The van der Waals surface area contributed by atoms with Crippen LogP contribution in [0.4, 0.5) is 10.1 Å². The van der Waals surface area contributed by atoms with Gasteiger partial charge in [-0.05, 0) is 49.7 Å². The lowest BCUT2D eigenvalue weighted by atomic mass is 10.2. The summed E-state index contributed by atoms with van der Waals surface area (Å²) in [6.07, 6.45) is 2.72. The number of rotatable bonds is 8. The van der Waals surface area contributed by atoms with Crippen molar-refractivity contribution in [3.8, 4) is 11.5 Å². The van der Waals surface area contributed by atoms with Gasteiger partial charge in [-0.3, -0.25) is 4.79 Å². The minimum Gasteiger partial charge on any atom is -0.493 e. The van der Waals surface area contributed by atoms with E-state index in [1.54, 1.807) is 12.1 Å². The lowest BCUT2D eigenvalue weighted by molar-refractivity contribution is -0.155. The SMILES string of the molecule is C/C=C/c1ccc(OCC(=O)O[C@@H](C)C(=O)Nc2cccc(F)c2)c(OC)c1. The van der Waals surface area contributed by atoms with E-state index in [0.29, 0.717) is 11.5 Å². The summed E-state index contributed by atoms with van der Waals surface area (Å²) in [5, 5.41) is 2.47. The molecule has 2 aromatic carbocycles. The molecule has 0 saturated heterocycles. The summed E-state index contributed by atoms with van der Waals surface area (Å²) < 4.78 is 28.9. The van der Waals surface area contributed by atoms with Gasteiger partial charge in [0.15, 0.2) is 24.2 Å². The summed E-state index contributed by atoms with van der Waals surface area (Å²) in [4.78, 5) is 24.0. The zero-order valence-corrected chi connectivity index (χ0v) is 15.9. The molecule has 28 heavy (non-hydrogen) atoms. The Labute approximate surface area is 162 Å². The Kier molecular flexibility index (Phi) is 7.56. The van der Waals surface area contributed by atoms with Gasteiger partial charge in [0, 0.05) is 5.69 Å². The Morgan fingerprint density at radius 1 is 1.18 bits per heavy atom. The van der Waals surface area contributed by atoms with Crippen molar-refractivity contribution in [2.45, 2.75) is 20.0 Å². The van der Waals surface area contributed by atoms with Crippen LogP contribution in [0.25, 0.3) is 6.08 Å². The molecule has 7 heteroatoms. The van der Waals surface area contributed by atoms with E-state index in [1.165, 1.54) is 38.3 Å². The molecule has 1 N–H and O–H groups in total. The molecule has 6 nitrogen and oxygen atoms in total. The number of allylic oxidation sites excluding steroid dienone is 1. The van der Waals surface area contributed by atoms with Crippen LogP contribution in [0, 0.1) is 5.82 Å². The number of amides is 1. The van der Waals surface area contributed by atoms with Crippen LogP contribution in [0.15, 0.2) is 48.5 Å². The second-order valence-corrected chi connectivity index (χ2v) is 5.83. The van der Waals surface area contributed by atoms with E-state index in [1.807, 2.05) is 25.1 Å². The van der Waals surface area contributed by atoms with E-state index >= 15 is 0 Å². The first-order chi connectivity index (χ1) is 13.4. The van der Waals surface area contributed by atoms with E-state index in [0.717, 1.165) is 5.56 Å². The van der Waals surface area contributed by atoms with Crippen molar-refractivity contribution in [3.63, 3.8) is 0 Å². The monoisotopic (exact) mass is 387 g/mol. The van der Waals surface area contributed by atoms with Crippen molar-refractivity contribution in [1.29, 1.82) is 0 Å². The molecule has 0 aliphatic carbocycles. The van der Waals surface area contributed by atoms with E-state index < -0.39 is 30.4 Å². The van der Waals surface area contributed by atoms with Gasteiger partial charge < -0.3 is 19.5 Å². The minimum absolute atomic E-state index is 0.273. The molecule has 1 amide bonds. The fourth-order valence-corrected chi connectivity index (χ4v) is 2.33. The number of carbonyl (C=O) groups is 2. The van der Waals surface area contributed by atoms with Gasteiger partial charge in [-0.25, -0.2) is 9.18 Å². The lowest BCUT2D eigenvalue weighted by Gasteiger charge is -2.15. The zero-order valence-electron chi connectivity index (χ0n) is 15.9. The van der Waals surface area contributed by atoms with Gasteiger partial charge in [0.25, 0.3) is 5.91 Å². The summed E-state index contributed by atoms with van der Waals surface area (Å²) in [6.45, 7) is 2.93. The summed E-state index contributed by atoms with van der Waals surface area (Å²) in [6, 6.07) is 10.7. The highest BCUT2D eigenvalue weighted by Crippen LogP contribution is 2.28. The number of nitrogens with one attached hydrogen (secondary N) is 1. The van der Waals surface area contributed by atoms with Crippen molar-refractivity contribution in [2.24, 2.45) is 0 Å². The summed E-state index contributed by atoms with van der Waals surface area (Å²) in [7, 11) is 1.50. The lowest BCUT2D eigenvalue weighted by Crippen LogP contribution is -2.31. The highest BCUT2D eigenvalue weighted by molar-refractivity contribution is 5.95. The first kappa shape index (κ1) is 21.0. The smallest absolute Gasteiger partial charge is 0.344 e. The number of halogens is 1. The number of hydrogen-bond acceptors (Lipinski definition) is 5. The Hall–Kier alpha value is -3.35. The standard InChI is InChI=1S/C21H22FNO5/c1-4-6-15-9-10-18(19(11-15)26-3)27-13-20(24)28-14(2)21(25)23-17-8-5-7-16(22)12-17/h4-12,14H,13H2,1-3H3,(H,23,25)/b6-4+/t14-/m0/s1. The zero-order chi connectivity index (χ0) is 20.5. The predicted molar refractivity (Wildman–Crippen MR) is 104 cm³/mol. The number of ether oxygens (including phenoxy) is 3. The Morgan fingerprint density at radius 3 is 2.64 bits per heavy atom. The van der Waals surface area contributed by atoms with E-state index in [2.05, 4.69) is 5.32 Å². The van der Waals surface area contributed by atoms with Crippen molar-refractivity contribution < 1.29 is 28.2 Å². The molecule has 0 aliphatic rings. The van der Waals surface area contributed by atoms with Crippen LogP contribution in [-0.2, 0) is 14.3 Å². The average molecular weight is 387 g/mol. The number of carbonyl (C=O) groups excluding carboxylic acids is 2. The third-order valence-corrected chi connectivity index (χ3v) is 3.66. The molecular weight excluding hydrogens is 365 g/mol. The molecule has 0 spiro atoms. The highest BCUT2D eigenvalue weighted by atomic mass is 19.1. The molecular formula is C21H22FNO5. The number of hydrogen-bond donors (Lipinski definition) is 1. The normalized spacial score (nSPS) is 11.7. The molecule has 1 atom stereocenters. The van der Waals surface area contributed by atoms with Crippen LogP contribution in [0.1, 0.15) is 19.4 Å². The maximum atomic E-state index is 13.2. The van der Waals surface area contributed by atoms with Crippen LogP contribution in [0.3, 0.4) is 0 Å². The van der Waals surface area contributed by atoms with Crippen molar-refractivity contribution in [2.75, 3.05) is 19.0 Å². The summed E-state index contributed by atoms with van der Waals surface area (Å²) in [5.74, 6) is -0.927.